The predicted molar refractivity (Wildman–Crippen MR) is 95.6 cm³/mol. The molecule has 3 atom stereocenters. The minimum atomic E-state index is -0.734. The standard InChI is InChI=1S/C16H31N3O4S/c1-9(2)8-10(11(24-7)14(21)19-23)13(20)18-12(15(22)17-6)16(3,4)5/h9-12,23H,8H2,1-7H3,(H,17,22)(H,18,20)(H,19,21)/t10-,11+,12-/m1/s1. The quantitative estimate of drug-likeness (QED) is 0.383. The molecule has 0 aliphatic carbocycles. The second-order valence-corrected chi connectivity index (χ2v) is 8.27. The van der Waals surface area contributed by atoms with Crippen molar-refractivity contribution >= 4 is 29.5 Å². The first-order chi connectivity index (χ1) is 11.0. The van der Waals surface area contributed by atoms with Crippen LogP contribution in [0.4, 0.5) is 0 Å². The third-order valence-electron chi connectivity index (χ3n) is 3.71. The van der Waals surface area contributed by atoms with Gasteiger partial charge in [-0.15, -0.1) is 0 Å². The fraction of sp³-hybridized carbons (Fsp3) is 0.812. The Labute approximate surface area is 148 Å². The van der Waals surface area contributed by atoms with Crippen molar-refractivity contribution in [3.8, 4) is 0 Å². The van der Waals surface area contributed by atoms with E-state index in [4.69, 9.17) is 5.21 Å². The Morgan fingerprint density at radius 3 is 1.96 bits per heavy atom. The van der Waals surface area contributed by atoms with Crippen LogP contribution in [0.1, 0.15) is 41.0 Å². The Hall–Kier alpha value is -1.28. The molecule has 0 aliphatic heterocycles. The van der Waals surface area contributed by atoms with Gasteiger partial charge in [0.2, 0.25) is 11.8 Å². The van der Waals surface area contributed by atoms with E-state index < -0.39 is 28.5 Å². The van der Waals surface area contributed by atoms with Crippen molar-refractivity contribution in [1.29, 1.82) is 0 Å². The molecule has 0 saturated carbocycles. The van der Waals surface area contributed by atoms with Gasteiger partial charge in [0.05, 0.1) is 11.2 Å². The molecule has 4 N–H and O–H groups in total. The lowest BCUT2D eigenvalue weighted by atomic mass is 9.85. The first kappa shape index (κ1) is 22.7. The maximum atomic E-state index is 12.8. The molecule has 24 heavy (non-hydrogen) atoms. The van der Waals surface area contributed by atoms with Crippen LogP contribution in [0.3, 0.4) is 0 Å². The van der Waals surface area contributed by atoms with E-state index in [0.717, 1.165) is 0 Å². The number of nitrogens with one attached hydrogen (secondary N) is 3. The van der Waals surface area contributed by atoms with E-state index >= 15 is 0 Å². The van der Waals surface area contributed by atoms with E-state index in [-0.39, 0.29) is 17.7 Å². The van der Waals surface area contributed by atoms with Crippen LogP contribution in [0, 0.1) is 17.3 Å². The maximum absolute atomic E-state index is 12.8. The van der Waals surface area contributed by atoms with Crippen molar-refractivity contribution in [1.82, 2.24) is 16.1 Å². The Morgan fingerprint density at radius 1 is 1.08 bits per heavy atom. The third-order valence-corrected chi connectivity index (χ3v) is 4.76. The molecule has 7 nitrogen and oxygen atoms in total. The van der Waals surface area contributed by atoms with Gasteiger partial charge >= 0.3 is 0 Å². The highest BCUT2D eigenvalue weighted by molar-refractivity contribution is 8.00. The molecule has 0 aliphatic rings. The maximum Gasteiger partial charge on any atom is 0.257 e. The molecule has 0 bridgehead atoms. The molecular weight excluding hydrogens is 330 g/mol. The van der Waals surface area contributed by atoms with Crippen molar-refractivity contribution in [2.24, 2.45) is 17.3 Å². The number of hydroxylamine groups is 1. The van der Waals surface area contributed by atoms with E-state index in [1.54, 1.807) is 11.7 Å². The summed E-state index contributed by atoms with van der Waals surface area (Å²) in [4.78, 5) is 36.8. The third kappa shape index (κ3) is 6.68. The summed E-state index contributed by atoms with van der Waals surface area (Å²) < 4.78 is 0. The Kier molecular flexibility index (Phi) is 9.35. The molecule has 140 valence electrons. The molecule has 0 radical (unpaired) electrons. The van der Waals surface area contributed by atoms with Gasteiger partial charge in [-0.3, -0.25) is 19.6 Å². The first-order valence-corrected chi connectivity index (χ1v) is 9.27. The smallest absolute Gasteiger partial charge is 0.257 e. The second kappa shape index (κ2) is 9.88. The second-order valence-electron chi connectivity index (χ2n) is 7.29. The Bertz CT molecular complexity index is 449. The molecule has 0 aromatic rings. The van der Waals surface area contributed by atoms with E-state index in [9.17, 15) is 14.4 Å². The molecule has 0 unspecified atom stereocenters. The van der Waals surface area contributed by atoms with Crippen LogP contribution in [0.25, 0.3) is 0 Å². The number of likely N-dealkylation sites (N-methyl/N-ethyl adjacent to an activating group) is 1. The normalized spacial score (nSPS) is 15.4. The molecule has 0 aromatic carbocycles. The Morgan fingerprint density at radius 2 is 1.62 bits per heavy atom. The average Bonchev–Trinajstić information content (AvgIpc) is 2.49. The van der Waals surface area contributed by atoms with Gasteiger partial charge in [0.1, 0.15) is 6.04 Å². The van der Waals surface area contributed by atoms with Crippen molar-refractivity contribution < 1.29 is 19.6 Å². The summed E-state index contributed by atoms with van der Waals surface area (Å²) in [5.74, 6) is -1.74. The van der Waals surface area contributed by atoms with Gasteiger partial charge in [-0.2, -0.15) is 11.8 Å². The molecule has 0 spiro atoms. The summed E-state index contributed by atoms with van der Waals surface area (Å²) in [6.07, 6.45) is 2.18. The number of hydrogen-bond donors (Lipinski definition) is 4. The SMILES string of the molecule is CNC(=O)[C@@H](NC(=O)[C@H](CC(C)C)[C@H](SC)C(=O)NO)C(C)(C)C. The van der Waals surface area contributed by atoms with Crippen LogP contribution in [0.5, 0.6) is 0 Å². The number of amides is 3. The number of carbonyl (C=O) groups is 3. The van der Waals surface area contributed by atoms with Crippen LogP contribution < -0.4 is 16.1 Å². The summed E-state index contributed by atoms with van der Waals surface area (Å²) in [6, 6.07) is -0.718. The predicted octanol–water partition coefficient (Wildman–Crippen LogP) is 1.16. The van der Waals surface area contributed by atoms with Crippen LogP contribution in [0.2, 0.25) is 0 Å². The summed E-state index contributed by atoms with van der Waals surface area (Å²) in [5.41, 5.74) is 1.14. The lowest BCUT2D eigenvalue weighted by Gasteiger charge is -2.33. The molecule has 0 heterocycles. The van der Waals surface area contributed by atoms with Crippen molar-refractivity contribution in [2.45, 2.75) is 52.3 Å². The van der Waals surface area contributed by atoms with Gasteiger partial charge in [-0.25, -0.2) is 5.48 Å². The van der Waals surface area contributed by atoms with Gasteiger partial charge in [-0.05, 0) is 24.0 Å². The topological polar surface area (TPSA) is 108 Å². The molecule has 0 saturated heterocycles. The summed E-state index contributed by atoms with van der Waals surface area (Å²) in [5, 5.41) is 13.5. The zero-order chi connectivity index (χ0) is 19.1. The largest absolute Gasteiger partial charge is 0.357 e. The van der Waals surface area contributed by atoms with Crippen molar-refractivity contribution in [3.05, 3.63) is 0 Å². The van der Waals surface area contributed by atoms with Gasteiger partial charge in [0.15, 0.2) is 0 Å². The molecule has 0 fully saturated rings. The van der Waals surface area contributed by atoms with E-state index in [0.29, 0.717) is 6.42 Å². The molecule has 3 amide bonds. The number of thioether (sulfide) groups is 1. The first-order valence-electron chi connectivity index (χ1n) is 7.98. The van der Waals surface area contributed by atoms with E-state index in [1.807, 2.05) is 34.6 Å². The number of rotatable bonds is 8. The highest BCUT2D eigenvalue weighted by Gasteiger charge is 2.38. The van der Waals surface area contributed by atoms with Crippen LogP contribution in [0.15, 0.2) is 0 Å². The highest BCUT2D eigenvalue weighted by Crippen LogP contribution is 2.26. The number of carbonyl (C=O) groups excluding carboxylic acids is 3. The van der Waals surface area contributed by atoms with Crippen LogP contribution >= 0.6 is 11.8 Å². The lowest BCUT2D eigenvalue weighted by Crippen LogP contribution is -2.56. The summed E-state index contributed by atoms with van der Waals surface area (Å²) >= 11 is 1.20. The molecular formula is C16H31N3O4S. The molecule has 0 rings (SSSR count). The van der Waals surface area contributed by atoms with Gasteiger partial charge in [0.25, 0.3) is 5.91 Å². The number of hydrogen-bond acceptors (Lipinski definition) is 5. The fourth-order valence-electron chi connectivity index (χ4n) is 2.46. The molecule has 8 heteroatoms. The summed E-state index contributed by atoms with van der Waals surface area (Å²) in [6.45, 7) is 9.48. The van der Waals surface area contributed by atoms with Crippen molar-refractivity contribution in [2.75, 3.05) is 13.3 Å². The Balaban J connectivity index is 5.50. The minimum absolute atomic E-state index is 0.176. The van der Waals surface area contributed by atoms with E-state index in [2.05, 4.69) is 10.6 Å². The van der Waals surface area contributed by atoms with E-state index in [1.165, 1.54) is 18.8 Å². The monoisotopic (exact) mass is 361 g/mol. The fourth-order valence-corrected chi connectivity index (χ4v) is 3.29. The zero-order valence-electron chi connectivity index (χ0n) is 15.6. The van der Waals surface area contributed by atoms with Gasteiger partial charge in [0, 0.05) is 7.05 Å². The zero-order valence-corrected chi connectivity index (χ0v) is 16.4. The van der Waals surface area contributed by atoms with Gasteiger partial charge < -0.3 is 10.6 Å². The van der Waals surface area contributed by atoms with Crippen LogP contribution in [-0.2, 0) is 14.4 Å². The highest BCUT2D eigenvalue weighted by atomic mass is 32.2. The van der Waals surface area contributed by atoms with Crippen LogP contribution in [-0.4, -0.2) is 47.5 Å². The average molecular weight is 362 g/mol. The lowest BCUT2D eigenvalue weighted by molar-refractivity contribution is -0.137. The van der Waals surface area contributed by atoms with Crippen molar-refractivity contribution in [3.63, 3.8) is 0 Å². The summed E-state index contributed by atoms with van der Waals surface area (Å²) in [7, 11) is 1.52. The van der Waals surface area contributed by atoms with Gasteiger partial charge in [-0.1, -0.05) is 34.6 Å². The molecule has 0 aromatic heterocycles. The minimum Gasteiger partial charge on any atom is -0.357 e.